The fraction of sp³-hybridized carbons (Fsp3) is 0.818. The van der Waals surface area contributed by atoms with E-state index in [1.807, 2.05) is 14.0 Å². The van der Waals surface area contributed by atoms with Gasteiger partial charge in [0.1, 0.15) is 0 Å². The van der Waals surface area contributed by atoms with Crippen molar-refractivity contribution in [3.8, 4) is 11.8 Å². The lowest BCUT2D eigenvalue weighted by atomic mass is 9.95. The van der Waals surface area contributed by atoms with Gasteiger partial charge in [-0.05, 0) is 26.3 Å². The first kappa shape index (κ1) is 11.5. The first-order chi connectivity index (χ1) is 5.76. The second-order valence-electron chi connectivity index (χ2n) is 3.29. The van der Waals surface area contributed by atoms with Gasteiger partial charge >= 0.3 is 0 Å². The first-order valence-corrected chi connectivity index (χ1v) is 4.83. The van der Waals surface area contributed by atoms with E-state index in [1.54, 1.807) is 0 Å². The van der Waals surface area contributed by atoms with Crippen LogP contribution in [0.4, 0.5) is 0 Å². The lowest BCUT2D eigenvalue weighted by Crippen LogP contribution is -2.31. The van der Waals surface area contributed by atoms with Crippen molar-refractivity contribution in [2.75, 3.05) is 7.05 Å². The maximum absolute atomic E-state index is 3.32. The van der Waals surface area contributed by atoms with Crippen LogP contribution in [0.2, 0.25) is 0 Å². The van der Waals surface area contributed by atoms with Crippen molar-refractivity contribution in [1.82, 2.24) is 5.32 Å². The molecule has 2 atom stereocenters. The average Bonchev–Trinajstić information content (AvgIpc) is 2.06. The standard InChI is InChI=1S/C11H21N/c1-5-7-9-11(12-4)10(3)8-6-2/h10-12H,6,8-9H2,1-4H3. The molecule has 0 heterocycles. The minimum atomic E-state index is 0.567. The Labute approximate surface area is 76.9 Å². The molecule has 1 N–H and O–H groups in total. The number of rotatable bonds is 5. The van der Waals surface area contributed by atoms with E-state index in [2.05, 4.69) is 31.0 Å². The summed E-state index contributed by atoms with van der Waals surface area (Å²) in [7, 11) is 2.02. The summed E-state index contributed by atoms with van der Waals surface area (Å²) >= 11 is 0. The molecule has 0 saturated carbocycles. The van der Waals surface area contributed by atoms with Gasteiger partial charge in [0.2, 0.25) is 0 Å². The smallest absolute Gasteiger partial charge is 0.0245 e. The third kappa shape index (κ3) is 4.41. The summed E-state index contributed by atoms with van der Waals surface area (Å²) in [5, 5.41) is 3.32. The highest BCUT2D eigenvalue weighted by atomic mass is 14.9. The molecule has 0 amide bonds. The molecule has 0 spiro atoms. The molecule has 1 heteroatoms. The van der Waals surface area contributed by atoms with Crippen LogP contribution in [-0.2, 0) is 0 Å². The second kappa shape index (κ2) is 7.18. The van der Waals surface area contributed by atoms with Gasteiger partial charge in [-0.3, -0.25) is 0 Å². The van der Waals surface area contributed by atoms with Crippen LogP contribution in [0, 0.1) is 17.8 Å². The molecule has 0 aliphatic heterocycles. The van der Waals surface area contributed by atoms with E-state index in [1.165, 1.54) is 12.8 Å². The Morgan fingerprint density at radius 2 is 2.08 bits per heavy atom. The summed E-state index contributed by atoms with van der Waals surface area (Å²) in [6.45, 7) is 6.42. The molecule has 0 bridgehead atoms. The van der Waals surface area contributed by atoms with Crippen molar-refractivity contribution < 1.29 is 0 Å². The zero-order chi connectivity index (χ0) is 9.40. The molecule has 0 saturated heterocycles. The van der Waals surface area contributed by atoms with Gasteiger partial charge in [-0.2, -0.15) is 0 Å². The van der Waals surface area contributed by atoms with Crippen LogP contribution in [0.5, 0.6) is 0 Å². The van der Waals surface area contributed by atoms with Crippen LogP contribution in [-0.4, -0.2) is 13.1 Å². The zero-order valence-corrected chi connectivity index (χ0v) is 8.78. The van der Waals surface area contributed by atoms with Crippen molar-refractivity contribution in [3.05, 3.63) is 0 Å². The summed E-state index contributed by atoms with van der Waals surface area (Å²) in [5.74, 6) is 6.80. The third-order valence-electron chi connectivity index (χ3n) is 2.30. The van der Waals surface area contributed by atoms with Crippen molar-refractivity contribution >= 4 is 0 Å². The molecule has 0 aromatic rings. The molecular formula is C11H21N. The quantitative estimate of drug-likeness (QED) is 0.620. The lowest BCUT2D eigenvalue weighted by molar-refractivity contribution is 0.379. The Hall–Kier alpha value is -0.480. The number of hydrogen-bond donors (Lipinski definition) is 1. The SMILES string of the molecule is CC#CCC(NC)C(C)CCC. The van der Waals surface area contributed by atoms with Crippen molar-refractivity contribution in [2.45, 2.75) is 46.1 Å². The van der Waals surface area contributed by atoms with Crippen LogP contribution in [0.3, 0.4) is 0 Å². The molecule has 0 fully saturated rings. The average molecular weight is 167 g/mol. The summed E-state index contributed by atoms with van der Waals surface area (Å²) in [4.78, 5) is 0. The van der Waals surface area contributed by atoms with Crippen molar-refractivity contribution in [1.29, 1.82) is 0 Å². The third-order valence-corrected chi connectivity index (χ3v) is 2.30. The maximum atomic E-state index is 3.32. The van der Waals surface area contributed by atoms with Crippen LogP contribution in [0.1, 0.15) is 40.0 Å². The largest absolute Gasteiger partial charge is 0.316 e. The fourth-order valence-electron chi connectivity index (χ4n) is 1.46. The molecule has 0 aromatic carbocycles. The van der Waals surface area contributed by atoms with E-state index in [4.69, 9.17) is 0 Å². The molecule has 12 heavy (non-hydrogen) atoms. The van der Waals surface area contributed by atoms with Gasteiger partial charge in [-0.15, -0.1) is 11.8 Å². The second-order valence-corrected chi connectivity index (χ2v) is 3.29. The van der Waals surface area contributed by atoms with Crippen LogP contribution in [0.25, 0.3) is 0 Å². The summed E-state index contributed by atoms with van der Waals surface area (Å²) in [5.41, 5.74) is 0. The highest BCUT2D eigenvalue weighted by Gasteiger charge is 2.12. The molecule has 0 rings (SSSR count). The van der Waals surface area contributed by atoms with Crippen molar-refractivity contribution in [3.63, 3.8) is 0 Å². The highest BCUT2D eigenvalue weighted by Crippen LogP contribution is 2.12. The minimum absolute atomic E-state index is 0.567. The van der Waals surface area contributed by atoms with Gasteiger partial charge in [0.25, 0.3) is 0 Å². The maximum Gasteiger partial charge on any atom is 0.0245 e. The Morgan fingerprint density at radius 3 is 2.50 bits per heavy atom. The Bertz CT molecular complexity index is 152. The minimum Gasteiger partial charge on any atom is -0.316 e. The summed E-state index contributed by atoms with van der Waals surface area (Å²) < 4.78 is 0. The Balaban J connectivity index is 3.83. The summed E-state index contributed by atoms with van der Waals surface area (Å²) in [6.07, 6.45) is 3.53. The topological polar surface area (TPSA) is 12.0 Å². The van der Waals surface area contributed by atoms with E-state index in [-0.39, 0.29) is 0 Å². The van der Waals surface area contributed by atoms with E-state index in [9.17, 15) is 0 Å². The molecule has 1 nitrogen and oxygen atoms in total. The van der Waals surface area contributed by atoms with Crippen LogP contribution >= 0.6 is 0 Å². The van der Waals surface area contributed by atoms with Gasteiger partial charge < -0.3 is 5.32 Å². The number of hydrogen-bond acceptors (Lipinski definition) is 1. The molecule has 0 aliphatic rings. The van der Waals surface area contributed by atoms with Gasteiger partial charge in [0.05, 0.1) is 0 Å². The predicted molar refractivity (Wildman–Crippen MR) is 55.0 cm³/mol. The number of nitrogens with one attached hydrogen (secondary N) is 1. The van der Waals surface area contributed by atoms with Gasteiger partial charge in [-0.25, -0.2) is 0 Å². The van der Waals surface area contributed by atoms with E-state index in [0.29, 0.717) is 6.04 Å². The van der Waals surface area contributed by atoms with E-state index >= 15 is 0 Å². The molecule has 0 radical (unpaired) electrons. The highest BCUT2D eigenvalue weighted by molar-refractivity contribution is 4.98. The molecule has 2 unspecified atom stereocenters. The van der Waals surface area contributed by atoms with E-state index in [0.717, 1.165) is 12.3 Å². The van der Waals surface area contributed by atoms with Gasteiger partial charge in [0.15, 0.2) is 0 Å². The molecule has 0 aromatic heterocycles. The predicted octanol–water partition coefficient (Wildman–Crippen LogP) is 2.42. The van der Waals surface area contributed by atoms with E-state index < -0.39 is 0 Å². The first-order valence-electron chi connectivity index (χ1n) is 4.83. The molecular weight excluding hydrogens is 146 g/mol. The lowest BCUT2D eigenvalue weighted by Gasteiger charge is -2.20. The fourth-order valence-corrected chi connectivity index (χ4v) is 1.46. The van der Waals surface area contributed by atoms with Crippen LogP contribution < -0.4 is 5.32 Å². The summed E-state index contributed by atoms with van der Waals surface area (Å²) in [6, 6.07) is 0.567. The Morgan fingerprint density at radius 1 is 1.42 bits per heavy atom. The normalized spacial score (nSPS) is 14.7. The van der Waals surface area contributed by atoms with Crippen molar-refractivity contribution in [2.24, 2.45) is 5.92 Å². The zero-order valence-electron chi connectivity index (χ0n) is 8.78. The monoisotopic (exact) mass is 167 g/mol. The molecule has 70 valence electrons. The van der Waals surface area contributed by atoms with Gasteiger partial charge in [-0.1, -0.05) is 20.3 Å². The van der Waals surface area contributed by atoms with Crippen LogP contribution in [0.15, 0.2) is 0 Å². The Kier molecular flexibility index (Phi) is 6.90. The van der Waals surface area contributed by atoms with Gasteiger partial charge in [0, 0.05) is 12.5 Å². The molecule has 0 aliphatic carbocycles.